The van der Waals surface area contributed by atoms with Gasteiger partial charge >= 0.3 is 0 Å². The first-order valence-corrected chi connectivity index (χ1v) is 11.8. The number of likely N-dealkylation sites (tertiary alicyclic amines) is 1. The lowest BCUT2D eigenvalue weighted by molar-refractivity contribution is -0.129. The number of amides is 1. The third-order valence-electron chi connectivity index (χ3n) is 7.50. The molecular formula is C27H36N2O3. The van der Waals surface area contributed by atoms with Crippen LogP contribution in [0.2, 0.25) is 0 Å². The monoisotopic (exact) mass is 436 g/mol. The van der Waals surface area contributed by atoms with Gasteiger partial charge in [-0.1, -0.05) is 44.2 Å². The van der Waals surface area contributed by atoms with Crippen molar-refractivity contribution in [2.75, 3.05) is 26.7 Å². The maximum atomic E-state index is 13.6. The van der Waals surface area contributed by atoms with Crippen molar-refractivity contribution in [1.29, 1.82) is 0 Å². The van der Waals surface area contributed by atoms with E-state index in [1.165, 1.54) is 0 Å². The summed E-state index contributed by atoms with van der Waals surface area (Å²) in [6.07, 6.45) is 2.91. The van der Waals surface area contributed by atoms with Crippen molar-refractivity contribution >= 4 is 5.91 Å². The largest absolute Gasteiger partial charge is 0.508 e. The number of carbonyl (C=O) groups is 1. The summed E-state index contributed by atoms with van der Waals surface area (Å²) in [5.74, 6) is 0.631. The van der Waals surface area contributed by atoms with Crippen molar-refractivity contribution in [3.63, 3.8) is 0 Å². The van der Waals surface area contributed by atoms with Crippen LogP contribution in [0.4, 0.5) is 0 Å². The maximum absolute atomic E-state index is 13.6. The van der Waals surface area contributed by atoms with E-state index in [1.807, 2.05) is 53.4 Å². The molecule has 0 spiro atoms. The number of hydrogen-bond acceptors (Lipinski definition) is 4. The van der Waals surface area contributed by atoms with E-state index in [2.05, 4.69) is 25.8 Å². The number of piperidine rings is 1. The average Bonchev–Trinajstić information content (AvgIpc) is 2.77. The quantitative estimate of drug-likeness (QED) is 0.742. The Labute approximate surface area is 191 Å². The number of β-amino-alcohol motifs (C(OH)–C–C–N with tert-alkyl or cyclic N) is 1. The molecule has 2 aliphatic rings. The minimum atomic E-state index is -0.885. The highest BCUT2D eigenvalue weighted by Crippen LogP contribution is 2.52. The summed E-state index contributed by atoms with van der Waals surface area (Å²) in [5.41, 5.74) is 0.315. The number of aliphatic hydroxyl groups is 1. The second-order valence-electron chi connectivity index (χ2n) is 10.3. The predicted molar refractivity (Wildman–Crippen MR) is 127 cm³/mol. The van der Waals surface area contributed by atoms with Crippen LogP contribution in [0.3, 0.4) is 0 Å². The summed E-state index contributed by atoms with van der Waals surface area (Å²) in [6, 6.07) is 16.9. The number of phenolic OH excluding ortho intramolecular Hbond substituents is 1. The Morgan fingerprint density at radius 2 is 1.91 bits per heavy atom. The third-order valence-corrected chi connectivity index (χ3v) is 7.50. The summed E-state index contributed by atoms with van der Waals surface area (Å²) < 4.78 is 0. The van der Waals surface area contributed by atoms with Crippen LogP contribution < -0.4 is 0 Å². The normalized spacial score (nSPS) is 28.3. The van der Waals surface area contributed by atoms with E-state index < -0.39 is 11.0 Å². The minimum absolute atomic E-state index is 0.0381. The summed E-state index contributed by atoms with van der Waals surface area (Å²) in [5, 5.41) is 22.2. The summed E-state index contributed by atoms with van der Waals surface area (Å²) in [6.45, 7) is 6.45. The van der Waals surface area contributed by atoms with Gasteiger partial charge in [0, 0.05) is 30.1 Å². The number of benzene rings is 2. The first-order valence-electron chi connectivity index (χ1n) is 11.8. The minimum Gasteiger partial charge on any atom is -0.508 e. The van der Waals surface area contributed by atoms with E-state index in [-0.39, 0.29) is 17.7 Å². The van der Waals surface area contributed by atoms with Crippen LogP contribution in [0.25, 0.3) is 0 Å². The van der Waals surface area contributed by atoms with Crippen molar-refractivity contribution in [2.45, 2.75) is 56.6 Å². The molecule has 1 saturated carbocycles. The lowest BCUT2D eigenvalue weighted by Gasteiger charge is -2.59. The number of carbonyl (C=O) groups excluding carboxylic acids is 1. The zero-order valence-corrected chi connectivity index (χ0v) is 19.5. The Morgan fingerprint density at radius 3 is 2.59 bits per heavy atom. The van der Waals surface area contributed by atoms with Crippen molar-refractivity contribution in [2.24, 2.45) is 5.92 Å². The fourth-order valence-corrected chi connectivity index (χ4v) is 5.95. The van der Waals surface area contributed by atoms with Crippen LogP contribution in [0.5, 0.6) is 5.75 Å². The average molecular weight is 437 g/mol. The van der Waals surface area contributed by atoms with Crippen LogP contribution in [-0.2, 0) is 5.41 Å². The van der Waals surface area contributed by atoms with Gasteiger partial charge in [0.15, 0.2) is 0 Å². The molecule has 1 aliphatic heterocycles. The standard InChI is InChI=1S/C27H36N2O3/c1-20(2)18-29(25(31)21-8-5-4-6-9-21)23-12-13-27(32)19-28(3)15-14-26(27,17-23)22-10-7-11-24(30)16-22/h4-11,16,20,23,30,32H,12-15,17-19H2,1-3H3/t23-,26-,27-/m0/s1. The first-order chi connectivity index (χ1) is 15.2. The van der Waals surface area contributed by atoms with Gasteiger partial charge in [-0.2, -0.15) is 0 Å². The lowest BCUT2D eigenvalue weighted by atomic mass is 9.55. The van der Waals surface area contributed by atoms with Gasteiger partial charge in [0.1, 0.15) is 5.75 Å². The smallest absolute Gasteiger partial charge is 0.254 e. The summed E-state index contributed by atoms with van der Waals surface area (Å²) in [7, 11) is 2.06. The highest BCUT2D eigenvalue weighted by Gasteiger charge is 2.58. The highest BCUT2D eigenvalue weighted by atomic mass is 16.3. The molecule has 2 aromatic rings. The molecule has 0 radical (unpaired) electrons. The lowest BCUT2D eigenvalue weighted by Crippen LogP contribution is -2.67. The van der Waals surface area contributed by atoms with Crippen LogP contribution in [-0.4, -0.2) is 64.2 Å². The van der Waals surface area contributed by atoms with Crippen LogP contribution in [0.1, 0.15) is 55.5 Å². The van der Waals surface area contributed by atoms with E-state index in [9.17, 15) is 15.0 Å². The maximum Gasteiger partial charge on any atom is 0.254 e. The molecular weight excluding hydrogens is 400 g/mol. The molecule has 1 saturated heterocycles. The molecule has 0 aromatic heterocycles. The summed E-state index contributed by atoms with van der Waals surface area (Å²) in [4.78, 5) is 17.8. The zero-order valence-electron chi connectivity index (χ0n) is 19.5. The third kappa shape index (κ3) is 4.16. The number of aromatic hydroxyl groups is 1. The van der Waals surface area contributed by atoms with E-state index in [0.717, 1.165) is 24.9 Å². The van der Waals surface area contributed by atoms with E-state index in [1.54, 1.807) is 6.07 Å². The van der Waals surface area contributed by atoms with Gasteiger partial charge in [-0.3, -0.25) is 4.79 Å². The van der Waals surface area contributed by atoms with Gasteiger partial charge in [0.05, 0.1) is 5.60 Å². The molecule has 2 fully saturated rings. The molecule has 5 heteroatoms. The van der Waals surface area contributed by atoms with E-state index in [4.69, 9.17) is 0 Å². The number of nitrogens with zero attached hydrogens (tertiary/aromatic N) is 2. The predicted octanol–water partition coefficient (Wildman–Crippen LogP) is 4.05. The Bertz CT molecular complexity index is 947. The van der Waals surface area contributed by atoms with Crippen LogP contribution in [0, 0.1) is 5.92 Å². The highest BCUT2D eigenvalue weighted by molar-refractivity contribution is 5.94. The second kappa shape index (κ2) is 8.87. The molecule has 2 aromatic carbocycles. The van der Waals surface area contributed by atoms with Crippen LogP contribution in [0.15, 0.2) is 54.6 Å². The van der Waals surface area contributed by atoms with Crippen LogP contribution >= 0.6 is 0 Å². The first kappa shape index (κ1) is 22.8. The molecule has 1 aliphatic carbocycles. The Hall–Kier alpha value is -2.37. The molecule has 4 rings (SSSR count). The molecule has 2 N–H and O–H groups in total. The molecule has 1 heterocycles. The SMILES string of the molecule is CC(C)CN(C(=O)c1ccccc1)[C@H]1CC[C@]2(O)CN(C)CC[C@@]2(c2cccc(O)c2)C1. The fraction of sp³-hybridized carbons (Fsp3) is 0.519. The van der Waals surface area contributed by atoms with Crippen molar-refractivity contribution < 1.29 is 15.0 Å². The van der Waals surface area contributed by atoms with Gasteiger partial charge in [-0.25, -0.2) is 0 Å². The van der Waals surface area contributed by atoms with Gasteiger partial charge < -0.3 is 20.0 Å². The molecule has 32 heavy (non-hydrogen) atoms. The van der Waals surface area contributed by atoms with Crippen molar-refractivity contribution in [3.05, 3.63) is 65.7 Å². The molecule has 3 atom stereocenters. The van der Waals surface area contributed by atoms with Crippen molar-refractivity contribution in [1.82, 2.24) is 9.80 Å². The van der Waals surface area contributed by atoms with Gasteiger partial charge in [0.2, 0.25) is 0 Å². The van der Waals surface area contributed by atoms with Gasteiger partial charge in [0.25, 0.3) is 5.91 Å². The van der Waals surface area contributed by atoms with Gasteiger partial charge in [-0.05, 0) is 75.0 Å². The Kier molecular flexibility index (Phi) is 6.33. The molecule has 5 nitrogen and oxygen atoms in total. The molecule has 1 amide bonds. The topological polar surface area (TPSA) is 64.0 Å². The second-order valence-corrected chi connectivity index (χ2v) is 10.3. The Balaban J connectivity index is 1.73. The Morgan fingerprint density at radius 1 is 1.16 bits per heavy atom. The zero-order chi connectivity index (χ0) is 22.9. The van der Waals surface area contributed by atoms with E-state index >= 15 is 0 Å². The van der Waals surface area contributed by atoms with Gasteiger partial charge in [-0.15, -0.1) is 0 Å². The number of rotatable bonds is 5. The number of fused-ring (bicyclic) bond motifs is 1. The summed E-state index contributed by atoms with van der Waals surface area (Å²) >= 11 is 0. The number of phenols is 1. The number of likely N-dealkylation sites (N-methyl/N-ethyl adjacent to an activating group) is 1. The number of hydrogen-bond donors (Lipinski definition) is 2. The molecule has 172 valence electrons. The molecule has 0 unspecified atom stereocenters. The van der Waals surface area contributed by atoms with Crippen molar-refractivity contribution in [3.8, 4) is 5.75 Å². The fourth-order valence-electron chi connectivity index (χ4n) is 5.95. The van der Waals surface area contributed by atoms with E-state index in [0.29, 0.717) is 37.4 Å². The molecule has 0 bridgehead atoms.